The van der Waals surface area contributed by atoms with Crippen molar-refractivity contribution in [2.75, 3.05) is 0 Å². The van der Waals surface area contributed by atoms with E-state index in [-0.39, 0.29) is 11.3 Å². The second kappa shape index (κ2) is 5.64. The Morgan fingerprint density at radius 2 is 1.90 bits per heavy atom. The number of carboxylic acids is 1. The van der Waals surface area contributed by atoms with Crippen molar-refractivity contribution >= 4 is 5.97 Å². The molecule has 104 valence electrons. The van der Waals surface area contributed by atoms with E-state index in [1.807, 2.05) is 0 Å². The maximum atomic E-state index is 13.8. The third-order valence-corrected chi connectivity index (χ3v) is 2.59. The van der Waals surface area contributed by atoms with Crippen LogP contribution in [-0.2, 0) is 6.61 Å². The van der Waals surface area contributed by atoms with Crippen LogP contribution >= 0.6 is 0 Å². The Bertz CT molecular complexity index is 656. The van der Waals surface area contributed by atoms with Crippen LogP contribution in [0.3, 0.4) is 0 Å². The maximum Gasteiger partial charge on any atom is 0.338 e. The van der Waals surface area contributed by atoms with Gasteiger partial charge in [0.15, 0.2) is 11.6 Å². The first kappa shape index (κ1) is 13.9. The lowest BCUT2D eigenvalue weighted by Gasteiger charge is -2.09. The Kier molecular flexibility index (Phi) is 3.93. The van der Waals surface area contributed by atoms with E-state index in [1.165, 1.54) is 12.1 Å². The number of carbonyl (C=O) groups is 1. The fourth-order valence-electron chi connectivity index (χ4n) is 1.60. The Hall–Kier alpha value is -2.50. The first-order chi connectivity index (χ1) is 9.49. The molecule has 20 heavy (non-hydrogen) atoms. The third kappa shape index (κ3) is 2.90. The summed E-state index contributed by atoms with van der Waals surface area (Å²) in [6.07, 6.45) is 0. The Morgan fingerprint density at radius 1 is 1.15 bits per heavy atom. The predicted octanol–water partition coefficient (Wildman–Crippen LogP) is 3.38. The molecule has 2 aromatic rings. The van der Waals surface area contributed by atoms with E-state index in [2.05, 4.69) is 0 Å². The van der Waals surface area contributed by atoms with Gasteiger partial charge < -0.3 is 9.84 Å². The van der Waals surface area contributed by atoms with Crippen molar-refractivity contribution in [3.8, 4) is 5.75 Å². The van der Waals surface area contributed by atoms with Crippen molar-refractivity contribution in [2.45, 2.75) is 6.61 Å². The zero-order valence-electron chi connectivity index (χ0n) is 10.1. The molecule has 0 aliphatic carbocycles. The van der Waals surface area contributed by atoms with Gasteiger partial charge in [-0.3, -0.25) is 0 Å². The number of ether oxygens (including phenoxy) is 1. The van der Waals surface area contributed by atoms with E-state index in [4.69, 9.17) is 9.84 Å². The quantitative estimate of drug-likeness (QED) is 0.935. The molecule has 0 heterocycles. The normalized spacial score (nSPS) is 10.3. The monoisotopic (exact) mass is 282 g/mol. The summed E-state index contributed by atoms with van der Waals surface area (Å²) in [5.74, 6) is -4.23. The highest BCUT2D eigenvalue weighted by Crippen LogP contribution is 2.21. The van der Waals surface area contributed by atoms with Crippen molar-refractivity contribution in [2.24, 2.45) is 0 Å². The molecule has 0 aromatic heterocycles. The first-order valence-electron chi connectivity index (χ1n) is 5.57. The standard InChI is InChI=1S/C14H9F3O3/c15-9-4-5-11(16)12(6-9)20-7-8-2-1-3-10(13(8)17)14(18)19/h1-6H,7H2,(H,18,19). The van der Waals surface area contributed by atoms with Crippen LogP contribution < -0.4 is 4.74 Å². The average molecular weight is 282 g/mol. The van der Waals surface area contributed by atoms with E-state index >= 15 is 0 Å². The predicted molar refractivity (Wildman–Crippen MR) is 64.0 cm³/mol. The molecule has 0 saturated heterocycles. The number of rotatable bonds is 4. The summed E-state index contributed by atoms with van der Waals surface area (Å²) < 4.78 is 45.0. The fraction of sp³-hybridized carbons (Fsp3) is 0.0714. The number of carboxylic acid groups (broad SMARTS) is 1. The van der Waals surface area contributed by atoms with Gasteiger partial charge in [0.25, 0.3) is 0 Å². The molecule has 0 unspecified atom stereocenters. The molecular weight excluding hydrogens is 273 g/mol. The van der Waals surface area contributed by atoms with Crippen LogP contribution in [0.15, 0.2) is 36.4 Å². The van der Waals surface area contributed by atoms with Gasteiger partial charge >= 0.3 is 5.97 Å². The van der Waals surface area contributed by atoms with Gasteiger partial charge in [-0.25, -0.2) is 18.0 Å². The lowest BCUT2D eigenvalue weighted by atomic mass is 10.1. The molecule has 2 rings (SSSR count). The molecule has 0 atom stereocenters. The maximum absolute atomic E-state index is 13.8. The molecule has 0 spiro atoms. The molecule has 1 N–H and O–H groups in total. The van der Waals surface area contributed by atoms with Gasteiger partial charge in [-0.05, 0) is 18.2 Å². The van der Waals surface area contributed by atoms with Crippen molar-refractivity contribution in [1.29, 1.82) is 0 Å². The first-order valence-corrected chi connectivity index (χ1v) is 5.57. The Balaban J connectivity index is 2.21. The van der Waals surface area contributed by atoms with E-state index < -0.39 is 35.6 Å². The summed E-state index contributed by atoms with van der Waals surface area (Å²) in [6, 6.07) is 6.38. The Labute approximate surface area is 112 Å². The van der Waals surface area contributed by atoms with Crippen molar-refractivity contribution < 1.29 is 27.8 Å². The van der Waals surface area contributed by atoms with Crippen LogP contribution in [0.1, 0.15) is 15.9 Å². The number of hydrogen-bond acceptors (Lipinski definition) is 2. The van der Waals surface area contributed by atoms with Crippen molar-refractivity contribution in [3.63, 3.8) is 0 Å². The van der Waals surface area contributed by atoms with E-state index in [9.17, 15) is 18.0 Å². The summed E-state index contributed by atoms with van der Waals surface area (Å²) in [7, 11) is 0. The van der Waals surface area contributed by atoms with Crippen LogP contribution in [-0.4, -0.2) is 11.1 Å². The Morgan fingerprint density at radius 3 is 2.60 bits per heavy atom. The van der Waals surface area contributed by atoms with E-state index in [0.29, 0.717) is 0 Å². The van der Waals surface area contributed by atoms with Gasteiger partial charge in [-0.1, -0.05) is 12.1 Å². The molecule has 2 aromatic carbocycles. The van der Waals surface area contributed by atoms with Crippen LogP contribution in [0, 0.1) is 17.5 Å². The average Bonchev–Trinajstić information content (AvgIpc) is 2.41. The van der Waals surface area contributed by atoms with Crippen LogP contribution in [0.25, 0.3) is 0 Å². The molecule has 0 radical (unpaired) electrons. The van der Waals surface area contributed by atoms with Gasteiger partial charge in [-0.2, -0.15) is 0 Å². The van der Waals surface area contributed by atoms with Crippen LogP contribution in [0.4, 0.5) is 13.2 Å². The van der Waals surface area contributed by atoms with Gasteiger partial charge in [0, 0.05) is 11.6 Å². The molecule has 6 heteroatoms. The SMILES string of the molecule is O=C(O)c1cccc(COc2cc(F)ccc2F)c1F. The molecule has 0 fully saturated rings. The summed E-state index contributed by atoms with van der Waals surface area (Å²) in [5.41, 5.74) is -0.570. The van der Waals surface area contributed by atoms with E-state index in [0.717, 1.165) is 24.3 Å². The highest BCUT2D eigenvalue weighted by atomic mass is 19.1. The van der Waals surface area contributed by atoms with Crippen LogP contribution in [0.5, 0.6) is 5.75 Å². The van der Waals surface area contributed by atoms with Gasteiger partial charge in [0.2, 0.25) is 0 Å². The summed E-state index contributed by atoms with van der Waals surface area (Å²) >= 11 is 0. The van der Waals surface area contributed by atoms with Crippen LogP contribution in [0.2, 0.25) is 0 Å². The lowest BCUT2D eigenvalue weighted by molar-refractivity contribution is 0.0691. The molecule has 0 saturated carbocycles. The number of hydrogen-bond donors (Lipinski definition) is 1. The molecule has 0 aliphatic heterocycles. The third-order valence-electron chi connectivity index (χ3n) is 2.59. The summed E-state index contributed by atoms with van der Waals surface area (Å²) in [6.45, 7) is -0.409. The molecular formula is C14H9F3O3. The molecule has 3 nitrogen and oxygen atoms in total. The summed E-state index contributed by atoms with van der Waals surface area (Å²) in [5, 5.41) is 8.77. The minimum Gasteiger partial charge on any atom is -0.486 e. The van der Waals surface area contributed by atoms with Gasteiger partial charge in [0.05, 0.1) is 5.56 Å². The highest BCUT2D eigenvalue weighted by molar-refractivity contribution is 5.88. The largest absolute Gasteiger partial charge is 0.486 e. The topological polar surface area (TPSA) is 46.5 Å². The van der Waals surface area contributed by atoms with Gasteiger partial charge in [0.1, 0.15) is 18.2 Å². The molecule has 0 aliphatic rings. The smallest absolute Gasteiger partial charge is 0.338 e. The second-order valence-corrected chi connectivity index (χ2v) is 3.95. The lowest BCUT2D eigenvalue weighted by Crippen LogP contribution is -2.06. The number of aromatic carboxylic acids is 1. The fourth-order valence-corrected chi connectivity index (χ4v) is 1.60. The zero-order valence-corrected chi connectivity index (χ0v) is 10.1. The van der Waals surface area contributed by atoms with E-state index in [1.54, 1.807) is 0 Å². The highest BCUT2D eigenvalue weighted by Gasteiger charge is 2.14. The minimum atomic E-state index is -1.42. The number of halogens is 3. The number of benzene rings is 2. The van der Waals surface area contributed by atoms with Crippen molar-refractivity contribution in [3.05, 3.63) is 65.0 Å². The van der Waals surface area contributed by atoms with Gasteiger partial charge in [-0.15, -0.1) is 0 Å². The molecule has 0 amide bonds. The summed E-state index contributed by atoms with van der Waals surface area (Å²) in [4.78, 5) is 10.8. The molecule has 0 bridgehead atoms. The minimum absolute atomic E-state index is 0.0615. The van der Waals surface area contributed by atoms with Crippen molar-refractivity contribution in [1.82, 2.24) is 0 Å². The second-order valence-electron chi connectivity index (χ2n) is 3.95. The zero-order chi connectivity index (χ0) is 14.7.